The first-order valence-electron chi connectivity index (χ1n) is 7.33. The van der Waals surface area contributed by atoms with Gasteiger partial charge in [-0.2, -0.15) is 4.98 Å². The maximum Gasteiger partial charge on any atom is 0.280 e. The van der Waals surface area contributed by atoms with Crippen LogP contribution in [0.3, 0.4) is 0 Å². The van der Waals surface area contributed by atoms with Crippen LogP contribution in [0.4, 0.5) is 0 Å². The van der Waals surface area contributed by atoms with E-state index in [1.165, 1.54) is 5.56 Å². The summed E-state index contributed by atoms with van der Waals surface area (Å²) in [6.45, 7) is 3.97. The second-order valence-corrected chi connectivity index (χ2v) is 5.52. The molecule has 3 aromatic rings. The molecule has 0 unspecified atom stereocenters. The molecule has 0 bridgehead atoms. The van der Waals surface area contributed by atoms with E-state index in [-0.39, 0.29) is 0 Å². The third-order valence-electron chi connectivity index (χ3n) is 3.87. The molecular formula is C15H16N6O. The third kappa shape index (κ3) is 2.39. The van der Waals surface area contributed by atoms with Crippen molar-refractivity contribution in [2.75, 3.05) is 13.1 Å². The van der Waals surface area contributed by atoms with E-state index in [0.717, 1.165) is 25.1 Å². The average Bonchev–Trinajstić information content (AvgIpc) is 3.27. The molecule has 1 aromatic carbocycles. The second-order valence-electron chi connectivity index (χ2n) is 5.52. The Morgan fingerprint density at radius 1 is 1.27 bits per heavy atom. The smallest absolute Gasteiger partial charge is 0.280 e. The van der Waals surface area contributed by atoms with Crippen molar-refractivity contribution in [3.63, 3.8) is 0 Å². The molecule has 112 valence electrons. The minimum Gasteiger partial charge on any atom is -0.332 e. The van der Waals surface area contributed by atoms with Crippen molar-refractivity contribution < 1.29 is 4.52 Å². The highest BCUT2D eigenvalue weighted by Crippen LogP contribution is 2.22. The summed E-state index contributed by atoms with van der Waals surface area (Å²) in [5.41, 5.74) is 2.73. The van der Waals surface area contributed by atoms with Crippen molar-refractivity contribution in [3.8, 4) is 23.0 Å². The molecule has 1 atom stereocenters. The highest BCUT2D eigenvalue weighted by atomic mass is 16.5. The fourth-order valence-electron chi connectivity index (χ4n) is 2.57. The number of rotatable bonds is 3. The molecule has 22 heavy (non-hydrogen) atoms. The summed E-state index contributed by atoms with van der Waals surface area (Å²) in [7, 11) is 0. The predicted octanol–water partition coefficient (Wildman–Crippen LogP) is 1.84. The molecule has 7 heteroatoms. The van der Waals surface area contributed by atoms with Crippen LogP contribution >= 0.6 is 0 Å². The first-order chi connectivity index (χ1) is 10.8. The summed E-state index contributed by atoms with van der Waals surface area (Å²) < 4.78 is 7.18. The molecule has 0 spiro atoms. The number of nitrogens with zero attached hydrogens (tertiary/aromatic N) is 5. The summed E-state index contributed by atoms with van der Waals surface area (Å²) in [4.78, 5) is 4.41. The molecule has 3 heterocycles. The first kappa shape index (κ1) is 13.1. The van der Waals surface area contributed by atoms with Gasteiger partial charge in [0.2, 0.25) is 5.82 Å². The van der Waals surface area contributed by atoms with Crippen molar-refractivity contribution in [3.05, 3.63) is 36.0 Å². The Morgan fingerprint density at radius 2 is 2.14 bits per heavy atom. The molecule has 2 aromatic heterocycles. The van der Waals surface area contributed by atoms with Crippen molar-refractivity contribution >= 4 is 0 Å². The number of benzene rings is 1. The Labute approximate surface area is 127 Å². The van der Waals surface area contributed by atoms with Gasteiger partial charge in [0.15, 0.2) is 5.69 Å². The zero-order valence-electron chi connectivity index (χ0n) is 12.2. The van der Waals surface area contributed by atoms with E-state index in [1.807, 2.05) is 42.1 Å². The lowest BCUT2D eigenvalue weighted by molar-refractivity contribution is 0.431. The molecule has 0 aliphatic carbocycles. The second kappa shape index (κ2) is 5.34. The Hall–Kier alpha value is -2.54. The molecule has 1 fully saturated rings. The normalized spacial score (nSPS) is 18.0. The van der Waals surface area contributed by atoms with Gasteiger partial charge in [0.05, 0.1) is 12.2 Å². The van der Waals surface area contributed by atoms with Gasteiger partial charge in [-0.1, -0.05) is 40.2 Å². The fourth-order valence-corrected chi connectivity index (χ4v) is 2.57. The van der Waals surface area contributed by atoms with Gasteiger partial charge in [-0.15, -0.1) is 5.10 Å². The molecule has 1 aliphatic heterocycles. The number of aromatic nitrogens is 5. The van der Waals surface area contributed by atoms with Gasteiger partial charge in [-0.25, -0.2) is 4.68 Å². The van der Waals surface area contributed by atoms with Crippen LogP contribution in [0.15, 0.2) is 35.0 Å². The summed E-state index contributed by atoms with van der Waals surface area (Å²) in [6, 6.07) is 8.35. The van der Waals surface area contributed by atoms with E-state index in [0.29, 0.717) is 23.5 Å². The van der Waals surface area contributed by atoms with Gasteiger partial charge >= 0.3 is 0 Å². The molecule has 4 rings (SSSR count). The number of hydrogen-bond acceptors (Lipinski definition) is 6. The summed E-state index contributed by atoms with van der Waals surface area (Å²) >= 11 is 0. The standard InChI is InChI=1S/C15H16N6O/c1-10-2-4-11(5-3-10)14-17-15(22-19-14)13-9-21(20-18-13)12-6-7-16-8-12/h2-5,9,12,16H,6-8H2,1H3/t12-/m1/s1. The van der Waals surface area contributed by atoms with Crippen LogP contribution in [0.2, 0.25) is 0 Å². The van der Waals surface area contributed by atoms with Crippen LogP contribution in [-0.4, -0.2) is 38.2 Å². The SMILES string of the molecule is Cc1ccc(-c2noc(-c3cn([C@@H]4CCNC4)nn3)n2)cc1. The molecule has 0 saturated carbocycles. The lowest BCUT2D eigenvalue weighted by atomic mass is 10.1. The highest BCUT2D eigenvalue weighted by molar-refractivity contribution is 5.57. The van der Waals surface area contributed by atoms with Gasteiger partial charge < -0.3 is 9.84 Å². The van der Waals surface area contributed by atoms with E-state index in [2.05, 4.69) is 25.8 Å². The Bertz CT molecular complexity index is 769. The highest BCUT2D eigenvalue weighted by Gasteiger charge is 2.20. The fraction of sp³-hybridized carbons (Fsp3) is 0.333. The monoisotopic (exact) mass is 296 g/mol. The zero-order valence-corrected chi connectivity index (χ0v) is 12.2. The van der Waals surface area contributed by atoms with Crippen LogP contribution in [0, 0.1) is 6.92 Å². The maximum absolute atomic E-state index is 5.32. The third-order valence-corrected chi connectivity index (χ3v) is 3.87. The molecule has 1 N–H and O–H groups in total. The van der Waals surface area contributed by atoms with Crippen LogP contribution < -0.4 is 5.32 Å². The van der Waals surface area contributed by atoms with Crippen LogP contribution in [-0.2, 0) is 0 Å². The Morgan fingerprint density at radius 3 is 2.91 bits per heavy atom. The van der Waals surface area contributed by atoms with E-state index in [9.17, 15) is 0 Å². The van der Waals surface area contributed by atoms with Gasteiger partial charge in [-0.05, 0) is 19.9 Å². The first-order valence-corrected chi connectivity index (χ1v) is 7.33. The molecule has 1 aliphatic rings. The topological polar surface area (TPSA) is 81.7 Å². The van der Waals surface area contributed by atoms with Crippen molar-refractivity contribution in [1.29, 1.82) is 0 Å². The van der Waals surface area contributed by atoms with Crippen molar-refractivity contribution in [2.24, 2.45) is 0 Å². The zero-order chi connectivity index (χ0) is 14.9. The summed E-state index contributed by atoms with van der Waals surface area (Å²) in [5.74, 6) is 0.958. The van der Waals surface area contributed by atoms with Gasteiger partial charge in [0.25, 0.3) is 5.89 Å². The lowest BCUT2D eigenvalue weighted by Gasteiger charge is -2.05. The molecule has 1 saturated heterocycles. The average molecular weight is 296 g/mol. The van der Waals surface area contributed by atoms with Crippen molar-refractivity contribution in [2.45, 2.75) is 19.4 Å². The lowest BCUT2D eigenvalue weighted by Crippen LogP contribution is -2.13. The maximum atomic E-state index is 5.32. The van der Waals surface area contributed by atoms with E-state index in [4.69, 9.17) is 4.52 Å². The Balaban J connectivity index is 1.59. The largest absolute Gasteiger partial charge is 0.332 e. The molecule has 7 nitrogen and oxygen atoms in total. The van der Waals surface area contributed by atoms with Gasteiger partial charge in [0, 0.05) is 12.1 Å². The number of hydrogen-bond donors (Lipinski definition) is 1. The van der Waals surface area contributed by atoms with Gasteiger partial charge in [0.1, 0.15) is 0 Å². The predicted molar refractivity (Wildman–Crippen MR) is 80.0 cm³/mol. The number of nitrogens with one attached hydrogen (secondary N) is 1. The van der Waals surface area contributed by atoms with Crippen LogP contribution in [0.5, 0.6) is 0 Å². The minimum atomic E-state index is 0.348. The van der Waals surface area contributed by atoms with Crippen LogP contribution in [0.25, 0.3) is 23.0 Å². The Kier molecular flexibility index (Phi) is 3.19. The molecule has 0 amide bonds. The van der Waals surface area contributed by atoms with E-state index < -0.39 is 0 Å². The van der Waals surface area contributed by atoms with Gasteiger partial charge in [-0.3, -0.25) is 0 Å². The van der Waals surface area contributed by atoms with E-state index >= 15 is 0 Å². The summed E-state index contributed by atoms with van der Waals surface area (Å²) in [6.07, 6.45) is 2.92. The van der Waals surface area contributed by atoms with Crippen molar-refractivity contribution in [1.82, 2.24) is 30.5 Å². The minimum absolute atomic E-state index is 0.348. The molecule has 0 radical (unpaired) electrons. The number of aryl methyl sites for hydroxylation is 1. The van der Waals surface area contributed by atoms with Crippen LogP contribution in [0.1, 0.15) is 18.0 Å². The van der Waals surface area contributed by atoms with E-state index in [1.54, 1.807) is 0 Å². The quantitative estimate of drug-likeness (QED) is 0.794. The molecular weight excluding hydrogens is 280 g/mol. The summed E-state index contributed by atoms with van der Waals surface area (Å²) in [5, 5.41) is 15.6.